The molecule has 0 aliphatic carbocycles. The van der Waals surface area contributed by atoms with Gasteiger partial charge >= 0.3 is 5.08 Å². The average Bonchev–Trinajstić information content (AvgIpc) is 2.38. The SMILES string of the molecule is N#[N+]N(Nc1ccccc1)c1ccccc1. The van der Waals surface area contributed by atoms with Crippen molar-refractivity contribution in [1.29, 1.82) is 5.39 Å². The minimum atomic E-state index is 0.758. The van der Waals surface area contributed by atoms with E-state index in [9.17, 15) is 0 Å². The quantitative estimate of drug-likeness (QED) is 0.625. The molecule has 0 aliphatic rings. The predicted octanol–water partition coefficient (Wildman–Crippen LogP) is 3.29. The van der Waals surface area contributed by atoms with E-state index in [-0.39, 0.29) is 0 Å². The number of nitrogens with zero attached hydrogens (tertiary/aromatic N) is 3. The lowest BCUT2D eigenvalue weighted by Crippen LogP contribution is -2.21. The highest BCUT2D eigenvalue weighted by Crippen LogP contribution is 2.15. The van der Waals surface area contributed by atoms with Gasteiger partial charge in [-0.1, -0.05) is 36.4 Å². The molecular weight excluding hydrogens is 200 g/mol. The topological polar surface area (TPSA) is 43.4 Å². The highest BCUT2D eigenvalue weighted by atomic mass is 15.7. The number of hydrogen-bond donors (Lipinski definition) is 1. The van der Waals surface area contributed by atoms with Gasteiger partial charge in [-0.25, -0.2) is 5.43 Å². The molecule has 0 aliphatic heterocycles. The molecule has 1 N–H and O–H groups in total. The Hall–Kier alpha value is -2.54. The fourth-order valence-corrected chi connectivity index (χ4v) is 1.34. The Morgan fingerprint density at radius 2 is 1.44 bits per heavy atom. The average molecular weight is 211 g/mol. The van der Waals surface area contributed by atoms with E-state index in [1.807, 2.05) is 60.7 Å². The maximum atomic E-state index is 8.93. The number of benzene rings is 2. The van der Waals surface area contributed by atoms with Crippen LogP contribution in [0.15, 0.2) is 60.7 Å². The summed E-state index contributed by atoms with van der Waals surface area (Å²) in [5, 5.41) is 13.4. The van der Waals surface area contributed by atoms with Gasteiger partial charge in [-0.05, 0) is 24.3 Å². The van der Waals surface area contributed by atoms with E-state index in [4.69, 9.17) is 5.39 Å². The molecule has 16 heavy (non-hydrogen) atoms. The predicted molar refractivity (Wildman–Crippen MR) is 64.1 cm³/mol. The fourth-order valence-electron chi connectivity index (χ4n) is 1.34. The molecule has 0 atom stereocenters. The molecule has 2 aromatic rings. The summed E-state index contributed by atoms with van der Waals surface area (Å²) in [6.07, 6.45) is 0. The number of anilines is 2. The Labute approximate surface area is 93.7 Å². The highest BCUT2D eigenvalue weighted by molar-refractivity contribution is 5.55. The second kappa shape index (κ2) is 4.80. The van der Waals surface area contributed by atoms with Gasteiger partial charge in [0.05, 0.1) is 5.69 Å². The number of hydrazine groups is 1. The van der Waals surface area contributed by atoms with Crippen LogP contribution in [0.4, 0.5) is 11.4 Å². The molecular formula is C12H11N4+. The Kier molecular flexibility index (Phi) is 3.00. The summed E-state index contributed by atoms with van der Waals surface area (Å²) in [7, 11) is 0. The first kappa shape index (κ1) is 9.99. The highest BCUT2D eigenvalue weighted by Gasteiger charge is 2.15. The Bertz CT molecular complexity index is 475. The summed E-state index contributed by atoms with van der Waals surface area (Å²) in [5.74, 6) is 0. The zero-order chi connectivity index (χ0) is 11.2. The lowest BCUT2D eigenvalue weighted by molar-refractivity contribution is 1.10. The molecule has 0 saturated heterocycles. The molecule has 78 valence electrons. The monoisotopic (exact) mass is 211 g/mol. The third-order valence-corrected chi connectivity index (χ3v) is 2.10. The summed E-state index contributed by atoms with van der Waals surface area (Å²) >= 11 is 0. The van der Waals surface area contributed by atoms with Crippen molar-refractivity contribution in [2.75, 3.05) is 10.5 Å². The van der Waals surface area contributed by atoms with Crippen LogP contribution < -0.4 is 10.5 Å². The summed E-state index contributed by atoms with van der Waals surface area (Å²) in [4.78, 5) is 0. The summed E-state index contributed by atoms with van der Waals surface area (Å²) < 4.78 is 0. The van der Waals surface area contributed by atoms with Crippen molar-refractivity contribution in [1.82, 2.24) is 0 Å². The molecule has 4 heteroatoms. The Morgan fingerprint density at radius 1 is 0.875 bits per heavy atom. The van der Waals surface area contributed by atoms with E-state index in [1.165, 1.54) is 5.12 Å². The van der Waals surface area contributed by atoms with Gasteiger partial charge in [0.1, 0.15) is 10.8 Å². The van der Waals surface area contributed by atoms with Crippen LogP contribution in [-0.2, 0) is 0 Å². The van der Waals surface area contributed by atoms with E-state index in [2.05, 4.69) is 10.5 Å². The van der Waals surface area contributed by atoms with Crippen molar-refractivity contribution in [3.8, 4) is 0 Å². The molecule has 0 unspecified atom stereocenters. The number of nitrogens with one attached hydrogen (secondary N) is 1. The summed E-state index contributed by atoms with van der Waals surface area (Å²) in [6.45, 7) is 0. The van der Waals surface area contributed by atoms with Gasteiger partial charge in [-0.3, -0.25) is 0 Å². The van der Waals surface area contributed by atoms with Gasteiger partial charge in [-0.2, -0.15) is 0 Å². The van der Waals surface area contributed by atoms with Crippen LogP contribution in [-0.4, -0.2) is 0 Å². The second-order valence-electron chi connectivity index (χ2n) is 3.21. The standard InChI is InChI=1S/C12H11N4/c13-15-16(12-9-5-2-6-10-12)14-11-7-3-1-4-8-11/h1-10,14H/q+1. The van der Waals surface area contributed by atoms with Gasteiger partial charge in [0.25, 0.3) is 5.39 Å². The van der Waals surface area contributed by atoms with Crippen molar-refractivity contribution in [3.05, 3.63) is 65.7 Å². The first-order valence-electron chi connectivity index (χ1n) is 4.92. The van der Waals surface area contributed by atoms with Crippen molar-refractivity contribution < 1.29 is 0 Å². The molecule has 0 fully saturated rings. The van der Waals surface area contributed by atoms with Crippen molar-refractivity contribution in [2.45, 2.75) is 0 Å². The molecule has 0 spiro atoms. The van der Waals surface area contributed by atoms with E-state index in [0.29, 0.717) is 0 Å². The van der Waals surface area contributed by atoms with E-state index >= 15 is 0 Å². The minimum Gasteiger partial charge on any atom is -0.229 e. The van der Waals surface area contributed by atoms with Gasteiger partial charge in [-0.15, -0.1) is 0 Å². The molecule has 0 saturated carbocycles. The maximum Gasteiger partial charge on any atom is 0.333 e. The van der Waals surface area contributed by atoms with Gasteiger partial charge in [0, 0.05) is 0 Å². The van der Waals surface area contributed by atoms with Crippen molar-refractivity contribution >= 4 is 11.4 Å². The van der Waals surface area contributed by atoms with Crippen molar-refractivity contribution in [2.24, 2.45) is 0 Å². The number of rotatable bonds is 3. The third-order valence-electron chi connectivity index (χ3n) is 2.10. The van der Waals surface area contributed by atoms with Crippen LogP contribution in [0.2, 0.25) is 0 Å². The zero-order valence-corrected chi connectivity index (χ0v) is 8.62. The largest absolute Gasteiger partial charge is 0.333 e. The molecule has 0 amide bonds. The molecule has 0 heterocycles. The Morgan fingerprint density at radius 3 is 2.00 bits per heavy atom. The lowest BCUT2D eigenvalue weighted by atomic mass is 10.3. The molecule has 0 radical (unpaired) electrons. The first-order chi connectivity index (χ1) is 7.90. The third kappa shape index (κ3) is 2.28. The number of para-hydroxylation sites is 2. The van der Waals surface area contributed by atoms with Crippen LogP contribution in [0.3, 0.4) is 0 Å². The lowest BCUT2D eigenvalue weighted by Gasteiger charge is -2.06. The minimum absolute atomic E-state index is 0.758. The summed E-state index contributed by atoms with van der Waals surface area (Å²) in [5.41, 5.74) is 4.57. The van der Waals surface area contributed by atoms with Crippen LogP contribution >= 0.6 is 0 Å². The van der Waals surface area contributed by atoms with Gasteiger partial charge in [0.2, 0.25) is 0 Å². The van der Waals surface area contributed by atoms with Crippen LogP contribution in [0.25, 0.3) is 5.08 Å². The molecule has 0 aromatic heterocycles. The van der Waals surface area contributed by atoms with Gasteiger partial charge < -0.3 is 0 Å². The normalized spacial score (nSPS) is 9.19. The van der Waals surface area contributed by atoms with Crippen molar-refractivity contribution in [3.63, 3.8) is 0 Å². The number of hydrogen-bond acceptors (Lipinski definition) is 3. The first-order valence-corrected chi connectivity index (χ1v) is 4.92. The van der Waals surface area contributed by atoms with Crippen LogP contribution in [0.5, 0.6) is 0 Å². The van der Waals surface area contributed by atoms with E-state index < -0.39 is 0 Å². The fraction of sp³-hybridized carbons (Fsp3) is 0. The molecule has 4 nitrogen and oxygen atoms in total. The van der Waals surface area contributed by atoms with E-state index in [0.717, 1.165) is 11.4 Å². The zero-order valence-electron chi connectivity index (χ0n) is 8.62. The van der Waals surface area contributed by atoms with Crippen LogP contribution in [0, 0.1) is 5.39 Å². The molecule has 0 bridgehead atoms. The van der Waals surface area contributed by atoms with Crippen LogP contribution in [0.1, 0.15) is 0 Å². The van der Waals surface area contributed by atoms with E-state index in [1.54, 1.807) is 0 Å². The molecule has 2 rings (SSSR count). The Balaban J connectivity index is 2.17. The second-order valence-corrected chi connectivity index (χ2v) is 3.21. The summed E-state index contributed by atoms with van der Waals surface area (Å²) in [6, 6.07) is 18.9. The maximum absolute atomic E-state index is 8.93. The van der Waals surface area contributed by atoms with Gasteiger partial charge in [0.15, 0.2) is 0 Å². The number of diazo groups is 1. The smallest absolute Gasteiger partial charge is 0.229 e. The molecule has 2 aromatic carbocycles.